The normalized spacial score (nSPS) is 10.7. The van der Waals surface area contributed by atoms with Crippen LogP contribution in [0.3, 0.4) is 0 Å². The van der Waals surface area contributed by atoms with Crippen LogP contribution < -0.4 is 4.74 Å². The minimum atomic E-state index is 0.153. The zero-order chi connectivity index (χ0) is 15.5. The van der Waals surface area contributed by atoms with E-state index in [1.807, 2.05) is 0 Å². The Kier molecular flexibility index (Phi) is 4.52. The molecule has 0 bridgehead atoms. The smallest absolute Gasteiger partial charge is 0.254 e. The number of ether oxygens (including phenoxy) is 1. The van der Waals surface area contributed by atoms with E-state index < -0.39 is 0 Å². The minimum Gasteiger partial charge on any atom is -0.484 e. The van der Waals surface area contributed by atoms with Crippen LogP contribution in [0.15, 0.2) is 46.9 Å². The first kappa shape index (κ1) is 15.2. The van der Waals surface area contributed by atoms with Crippen LogP contribution in [0.4, 0.5) is 0 Å². The summed E-state index contributed by atoms with van der Waals surface area (Å²) in [6.07, 6.45) is 0. The Morgan fingerprint density at radius 1 is 0.909 bits per heavy atom. The maximum absolute atomic E-state index is 6.11. The quantitative estimate of drug-likeness (QED) is 0.639. The molecular formula is C15H9Cl3N2O2. The van der Waals surface area contributed by atoms with Gasteiger partial charge in [-0.1, -0.05) is 34.8 Å². The van der Waals surface area contributed by atoms with Gasteiger partial charge in [-0.15, -0.1) is 10.2 Å². The molecule has 3 aromatic rings. The molecule has 0 atom stereocenters. The molecule has 0 spiro atoms. The molecule has 0 aliphatic rings. The Labute approximate surface area is 141 Å². The summed E-state index contributed by atoms with van der Waals surface area (Å²) in [4.78, 5) is 0. The third kappa shape index (κ3) is 3.53. The summed E-state index contributed by atoms with van der Waals surface area (Å²) < 4.78 is 11.1. The molecule has 0 aliphatic heterocycles. The molecule has 7 heteroatoms. The van der Waals surface area contributed by atoms with Gasteiger partial charge in [0.15, 0.2) is 6.61 Å². The lowest BCUT2D eigenvalue weighted by molar-refractivity contribution is 0.264. The summed E-state index contributed by atoms with van der Waals surface area (Å²) in [5.74, 6) is 1.32. The zero-order valence-corrected chi connectivity index (χ0v) is 13.4. The van der Waals surface area contributed by atoms with Gasteiger partial charge in [0, 0.05) is 10.0 Å². The third-order valence-electron chi connectivity index (χ3n) is 2.80. The highest BCUT2D eigenvalue weighted by Gasteiger charge is 2.12. The first-order chi connectivity index (χ1) is 10.6. The molecule has 3 rings (SSSR count). The van der Waals surface area contributed by atoms with Gasteiger partial charge in [-0.2, -0.15) is 0 Å². The van der Waals surface area contributed by atoms with Crippen molar-refractivity contribution in [2.24, 2.45) is 0 Å². The second kappa shape index (κ2) is 6.57. The molecule has 0 N–H and O–H groups in total. The van der Waals surface area contributed by atoms with Gasteiger partial charge in [0.05, 0.1) is 10.6 Å². The van der Waals surface area contributed by atoms with Crippen LogP contribution in [0.1, 0.15) is 5.89 Å². The molecule has 1 heterocycles. The predicted molar refractivity (Wildman–Crippen MR) is 85.5 cm³/mol. The van der Waals surface area contributed by atoms with Gasteiger partial charge < -0.3 is 9.15 Å². The first-order valence-corrected chi connectivity index (χ1v) is 7.41. The van der Waals surface area contributed by atoms with Crippen molar-refractivity contribution < 1.29 is 9.15 Å². The highest BCUT2D eigenvalue weighted by molar-refractivity contribution is 6.36. The van der Waals surface area contributed by atoms with E-state index >= 15 is 0 Å². The van der Waals surface area contributed by atoms with Crippen molar-refractivity contribution in [2.45, 2.75) is 6.61 Å². The van der Waals surface area contributed by atoms with E-state index in [1.54, 1.807) is 42.5 Å². The van der Waals surface area contributed by atoms with Crippen molar-refractivity contribution in [1.29, 1.82) is 0 Å². The summed E-state index contributed by atoms with van der Waals surface area (Å²) >= 11 is 17.8. The van der Waals surface area contributed by atoms with Crippen LogP contribution in [-0.4, -0.2) is 10.2 Å². The van der Waals surface area contributed by atoms with E-state index in [2.05, 4.69) is 10.2 Å². The molecule has 0 fully saturated rings. The van der Waals surface area contributed by atoms with E-state index in [0.29, 0.717) is 38.2 Å². The van der Waals surface area contributed by atoms with Crippen LogP contribution in [0.25, 0.3) is 11.5 Å². The van der Waals surface area contributed by atoms with Gasteiger partial charge in [-0.3, -0.25) is 0 Å². The standard InChI is InChI=1S/C15H9Cl3N2O2/c16-9-1-4-11(5-2-9)21-8-14-19-20-15(22-14)12-6-3-10(17)7-13(12)18/h1-7H,8H2. The van der Waals surface area contributed by atoms with Crippen LogP contribution in [0.5, 0.6) is 5.75 Å². The van der Waals surface area contributed by atoms with E-state index in [4.69, 9.17) is 44.0 Å². The largest absolute Gasteiger partial charge is 0.484 e. The monoisotopic (exact) mass is 354 g/mol. The zero-order valence-electron chi connectivity index (χ0n) is 11.1. The van der Waals surface area contributed by atoms with Gasteiger partial charge in [0.2, 0.25) is 5.89 Å². The number of hydrogen-bond donors (Lipinski definition) is 0. The average Bonchev–Trinajstić information content (AvgIpc) is 2.95. The van der Waals surface area contributed by atoms with Gasteiger partial charge >= 0.3 is 0 Å². The summed E-state index contributed by atoms with van der Waals surface area (Å²) in [7, 11) is 0. The Morgan fingerprint density at radius 3 is 2.36 bits per heavy atom. The Hall–Kier alpha value is -1.75. The van der Waals surface area contributed by atoms with Gasteiger partial charge in [-0.05, 0) is 42.5 Å². The van der Waals surface area contributed by atoms with Crippen molar-refractivity contribution in [3.63, 3.8) is 0 Å². The van der Waals surface area contributed by atoms with Gasteiger partial charge in [0.1, 0.15) is 5.75 Å². The molecule has 0 aliphatic carbocycles. The lowest BCUT2D eigenvalue weighted by atomic mass is 10.2. The fourth-order valence-electron chi connectivity index (χ4n) is 1.76. The van der Waals surface area contributed by atoms with E-state index in [9.17, 15) is 0 Å². The lowest BCUT2D eigenvalue weighted by Gasteiger charge is -2.02. The number of rotatable bonds is 4. The summed E-state index contributed by atoms with van der Waals surface area (Å²) in [5, 5.41) is 9.52. The second-order valence-corrected chi connectivity index (χ2v) is 5.65. The molecule has 1 aromatic heterocycles. The first-order valence-electron chi connectivity index (χ1n) is 6.28. The van der Waals surface area contributed by atoms with E-state index in [-0.39, 0.29) is 6.61 Å². The highest BCUT2D eigenvalue weighted by atomic mass is 35.5. The van der Waals surface area contributed by atoms with Crippen molar-refractivity contribution in [1.82, 2.24) is 10.2 Å². The summed E-state index contributed by atoms with van der Waals surface area (Å²) in [6, 6.07) is 12.0. The molecule has 0 radical (unpaired) electrons. The van der Waals surface area contributed by atoms with Crippen molar-refractivity contribution in [3.8, 4) is 17.2 Å². The molecule has 0 saturated heterocycles. The van der Waals surface area contributed by atoms with Crippen molar-refractivity contribution in [2.75, 3.05) is 0 Å². The SMILES string of the molecule is Clc1ccc(OCc2nnc(-c3ccc(Cl)cc3Cl)o2)cc1. The maximum Gasteiger partial charge on any atom is 0.254 e. The fraction of sp³-hybridized carbons (Fsp3) is 0.0667. The van der Waals surface area contributed by atoms with Gasteiger partial charge in [-0.25, -0.2) is 0 Å². The molecule has 4 nitrogen and oxygen atoms in total. The summed E-state index contributed by atoms with van der Waals surface area (Å²) in [6.45, 7) is 0.153. The van der Waals surface area contributed by atoms with E-state index in [1.165, 1.54) is 0 Å². The molecule has 0 unspecified atom stereocenters. The summed E-state index contributed by atoms with van der Waals surface area (Å²) in [5.41, 5.74) is 0.622. The molecule has 22 heavy (non-hydrogen) atoms. The number of halogens is 3. The fourth-order valence-corrected chi connectivity index (χ4v) is 2.37. The average molecular weight is 356 g/mol. The highest BCUT2D eigenvalue weighted by Crippen LogP contribution is 2.29. The number of aromatic nitrogens is 2. The third-order valence-corrected chi connectivity index (χ3v) is 3.60. The number of hydrogen-bond acceptors (Lipinski definition) is 4. The lowest BCUT2D eigenvalue weighted by Crippen LogP contribution is -1.95. The molecular weight excluding hydrogens is 347 g/mol. The topological polar surface area (TPSA) is 48.2 Å². The van der Waals surface area contributed by atoms with Crippen LogP contribution in [-0.2, 0) is 6.61 Å². The van der Waals surface area contributed by atoms with Crippen LogP contribution in [0, 0.1) is 0 Å². The molecule has 2 aromatic carbocycles. The molecule has 0 saturated carbocycles. The Balaban J connectivity index is 1.72. The molecule has 112 valence electrons. The van der Waals surface area contributed by atoms with Crippen LogP contribution in [0.2, 0.25) is 15.1 Å². The van der Waals surface area contributed by atoms with Crippen molar-refractivity contribution in [3.05, 3.63) is 63.4 Å². The maximum atomic E-state index is 6.11. The molecule has 0 amide bonds. The number of benzene rings is 2. The number of nitrogens with zero attached hydrogens (tertiary/aromatic N) is 2. The predicted octanol–water partition coefficient (Wildman–Crippen LogP) is 5.28. The second-order valence-electron chi connectivity index (χ2n) is 4.37. The van der Waals surface area contributed by atoms with Crippen molar-refractivity contribution >= 4 is 34.8 Å². The van der Waals surface area contributed by atoms with Gasteiger partial charge in [0.25, 0.3) is 5.89 Å². The van der Waals surface area contributed by atoms with E-state index in [0.717, 1.165) is 0 Å². The minimum absolute atomic E-state index is 0.153. The Morgan fingerprint density at radius 2 is 1.64 bits per heavy atom. The Bertz CT molecular complexity index is 788. The van der Waals surface area contributed by atoms with Crippen LogP contribution >= 0.6 is 34.8 Å².